The van der Waals surface area contributed by atoms with Gasteiger partial charge >= 0.3 is 0 Å². The first kappa shape index (κ1) is 15.5. The van der Waals surface area contributed by atoms with Gasteiger partial charge < -0.3 is 25.1 Å². The molecular formula is C15H8ClNO5-2. The van der Waals surface area contributed by atoms with E-state index in [4.69, 9.17) is 11.6 Å². The summed E-state index contributed by atoms with van der Waals surface area (Å²) in [6.45, 7) is 0. The molecule has 0 unspecified atom stereocenters. The highest BCUT2D eigenvalue weighted by molar-refractivity contribution is 6.31. The largest absolute Gasteiger partial charge is 0.545 e. The lowest BCUT2D eigenvalue weighted by Gasteiger charge is -2.13. The molecule has 0 atom stereocenters. The lowest BCUT2D eigenvalue weighted by atomic mass is 10.0. The van der Waals surface area contributed by atoms with Gasteiger partial charge in [0.25, 0.3) is 5.91 Å². The summed E-state index contributed by atoms with van der Waals surface area (Å²) in [5, 5.41) is 24.7. The Morgan fingerprint density at radius 1 is 0.909 bits per heavy atom. The van der Waals surface area contributed by atoms with Gasteiger partial charge in [0, 0.05) is 21.8 Å². The Labute approximate surface area is 130 Å². The third kappa shape index (κ3) is 3.42. The van der Waals surface area contributed by atoms with Crippen LogP contribution in [0.25, 0.3) is 0 Å². The van der Waals surface area contributed by atoms with Crippen molar-refractivity contribution in [1.82, 2.24) is 0 Å². The van der Waals surface area contributed by atoms with Crippen LogP contribution in [-0.4, -0.2) is 17.8 Å². The molecule has 0 spiro atoms. The molecule has 7 heteroatoms. The number of carboxylic acid groups (broad SMARTS) is 2. The molecule has 0 aliphatic carbocycles. The van der Waals surface area contributed by atoms with Crippen LogP contribution >= 0.6 is 11.6 Å². The van der Waals surface area contributed by atoms with E-state index in [-0.39, 0.29) is 11.1 Å². The second-order valence-electron chi connectivity index (χ2n) is 4.30. The summed E-state index contributed by atoms with van der Waals surface area (Å²) < 4.78 is 0. The van der Waals surface area contributed by atoms with Crippen molar-refractivity contribution in [1.29, 1.82) is 0 Å². The van der Waals surface area contributed by atoms with Gasteiger partial charge in [-0.05, 0) is 35.9 Å². The number of anilines is 1. The van der Waals surface area contributed by atoms with Crippen molar-refractivity contribution in [2.24, 2.45) is 0 Å². The average molecular weight is 318 g/mol. The number of carbonyl (C=O) groups excluding carboxylic acids is 3. The van der Waals surface area contributed by atoms with Crippen molar-refractivity contribution in [2.75, 3.05) is 5.32 Å². The molecule has 6 nitrogen and oxygen atoms in total. The number of halogens is 1. The first-order valence-corrected chi connectivity index (χ1v) is 6.40. The molecule has 2 aromatic rings. The third-order valence-corrected chi connectivity index (χ3v) is 3.04. The lowest BCUT2D eigenvalue weighted by Crippen LogP contribution is -2.28. The minimum atomic E-state index is -1.67. The number of amides is 1. The number of nitrogens with one attached hydrogen (secondary N) is 1. The molecule has 112 valence electrons. The van der Waals surface area contributed by atoms with Crippen LogP contribution < -0.4 is 15.5 Å². The summed E-state index contributed by atoms with van der Waals surface area (Å²) in [7, 11) is 0. The molecule has 2 aromatic carbocycles. The first-order chi connectivity index (χ1) is 10.4. The highest BCUT2D eigenvalue weighted by Gasteiger charge is 2.14. The minimum absolute atomic E-state index is 0.232. The zero-order valence-corrected chi connectivity index (χ0v) is 11.7. The van der Waals surface area contributed by atoms with Crippen LogP contribution in [0.15, 0.2) is 42.5 Å². The van der Waals surface area contributed by atoms with Gasteiger partial charge in [0.1, 0.15) is 0 Å². The van der Waals surface area contributed by atoms with E-state index in [1.165, 1.54) is 6.07 Å². The van der Waals surface area contributed by atoms with Crippen LogP contribution in [0.5, 0.6) is 0 Å². The highest BCUT2D eigenvalue weighted by atomic mass is 35.5. The van der Waals surface area contributed by atoms with Gasteiger partial charge in [-0.15, -0.1) is 0 Å². The Hall–Kier alpha value is -2.86. The van der Waals surface area contributed by atoms with Crippen molar-refractivity contribution in [2.45, 2.75) is 0 Å². The van der Waals surface area contributed by atoms with Crippen LogP contribution in [0.4, 0.5) is 5.69 Å². The van der Waals surface area contributed by atoms with Crippen molar-refractivity contribution in [3.8, 4) is 0 Å². The number of carboxylic acids is 2. The summed E-state index contributed by atoms with van der Waals surface area (Å²) >= 11 is 5.78. The number of hydrogen-bond acceptors (Lipinski definition) is 5. The first-order valence-electron chi connectivity index (χ1n) is 6.02. The number of hydrogen-bond donors (Lipinski definition) is 1. The number of aromatic carboxylic acids is 2. The fraction of sp³-hybridized carbons (Fsp3) is 0. The molecule has 0 bridgehead atoms. The molecule has 0 radical (unpaired) electrons. The minimum Gasteiger partial charge on any atom is -0.545 e. The third-order valence-electron chi connectivity index (χ3n) is 2.80. The zero-order valence-electron chi connectivity index (χ0n) is 11.0. The van der Waals surface area contributed by atoms with Crippen LogP contribution in [0.1, 0.15) is 31.1 Å². The molecule has 2 rings (SSSR count). The molecular weight excluding hydrogens is 310 g/mol. The van der Waals surface area contributed by atoms with Crippen molar-refractivity contribution in [3.05, 3.63) is 64.2 Å². The van der Waals surface area contributed by atoms with Crippen molar-refractivity contribution < 1.29 is 24.6 Å². The topological polar surface area (TPSA) is 109 Å². The molecule has 0 heterocycles. The van der Waals surface area contributed by atoms with Crippen LogP contribution in [0.3, 0.4) is 0 Å². The van der Waals surface area contributed by atoms with E-state index in [2.05, 4.69) is 5.32 Å². The maximum absolute atomic E-state index is 12.1. The number of rotatable bonds is 4. The maximum Gasteiger partial charge on any atom is 0.256 e. The molecule has 0 saturated heterocycles. The van der Waals surface area contributed by atoms with Gasteiger partial charge in [-0.1, -0.05) is 23.7 Å². The molecule has 0 aliphatic rings. The van der Waals surface area contributed by atoms with Crippen LogP contribution in [0.2, 0.25) is 5.02 Å². The predicted octanol–water partition coefficient (Wildman–Crippen LogP) is 0.319. The van der Waals surface area contributed by atoms with E-state index in [1.807, 2.05) is 0 Å². The summed E-state index contributed by atoms with van der Waals surface area (Å²) in [6.07, 6.45) is 0. The average Bonchev–Trinajstić information content (AvgIpc) is 2.46. The van der Waals surface area contributed by atoms with Crippen LogP contribution in [0, 0.1) is 0 Å². The van der Waals surface area contributed by atoms with Crippen molar-refractivity contribution >= 4 is 35.1 Å². The second kappa shape index (κ2) is 6.28. The quantitative estimate of drug-likeness (QED) is 0.873. The molecule has 0 aliphatic heterocycles. The molecule has 0 saturated carbocycles. The molecule has 0 aromatic heterocycles. The van der Waals surface area contributed by atoms with Gasteiger partial charge in [-0.3, -0.25) is 4.79 Å². The normalized spacial score (nSPS) is 10.0. The summed E-state index contributed by atoms with van der Waals surface area (Å²) in [6, 6.07) is 9.24. The van der Waals surface area contributed by atoms with E-state index in [0.717, 1.165) is 18.2 Å². The Balaban J connectivity index is 2.36. The van der Waals surface area contributed by atoms with E-state index < -0.39 is 23.4 Å². The maximum atomic E-state index is 12.1. The monoisotopic (exact) mass is 317 g/mol. The molecule has 22 heavy (non-hydrogen) atoms. The Morgan fingerprint density at radius 3 is 2.23 bits per heavy atom. The second-order valence-corrected chi connectivity index (χ2v) is 4.74. The van der Waals surface area contributed by atoms with Gasteiger partial charge in [-0.25, -0.2) is 0 Å². The Bertz CT molecular complexity index is 772. The SMILES string of the molecule is O=C([O-])c1ccc(C(=O)Nc2cccc(Cl)c2)c(C(=O)[O-])c1. The van der Waals surface area contributed by atoms with E-state index >= 15 is 0 Å². The van der Waals surface area contributed by atoms with Gasteiger partial charge in [0.05, 0.1) is 11.9 Å². The zero-order chi connectivity index (χ0) is 16.3. The fourth-order valence-electron chi connectivity index (χ4n) is 1.80. The molecule has 1 N–H and O–H groups in total. The summed E-state index contributed by atoms with van der Waals surface area (Å²) in [5.41, 5.74) is -0.768. The standard InChI is InChI=1S/C15H10ClNO5/c16-9-2-1-3-10(7-9)17-13(18)11-5-4-8(14(19)20)6-12(11)15(21)22/h1-7H,(H,17,18)(H,19,20)(H,21,22)/p-2. The van der Waals surface area contributed by atoms with Gasteiger partial charge in [0.15, 0.2) is 0 Å². The number of carbonyl (C=O) groups is 3. The van der Waals surface area contributed by atoms with Crippen molar-refractivity contribution in [3.63, 3.8) is 0 Å². The fourth-order valence-corrected chi connectivity index (χ4v) is 1.99. The molecule has 1 amide bonds. The highest BCUT2D eigenvalue weighted by Crippen LogP contribution is 2.18. The van der Waals surface area contributed by atoms with E-state index in [0.29, 0.717) is 10.7 Å². The smallest absolute Gasteiger partial charge is 0.256 e. The Morgan fingerprint density at radius 2 is 1.64 bits per heavy atom. The predicted molar refractivity (Wildman–Crippen MR) is 74.5 cm³/mol. The number of benzene rings is 2. The van der Waals surface area contributed by atoms with Gasteiger partial charge in [0.2, 0.25) is 0 Å². The Kier molecular flexibility index (Phi) is 4.43. The van der Waals surface area contributed by atoms with E-state index in [9.17, 15) is 24.6 Å². The molecule has 0 fully saturated rings. The van der Waals surface area contributed by atoms with Crippen LogP contribution in [-0.2, 0) is 0 Å². The van der Waals surface area contributed by atoms with E-state index in [1.54, 1.807) is 18.2 Å². The summed E-state index contributed by atoms with van der Waals surface area (Å²) in [5.74, 6) is -3.95. The van der Waals surface area contributed by atoms with Gasteiger partial charge in [-0.2, -0.15) is 0 Å². The summed E-state index contributed by atoms with van der Waals surface area (Å²) in [4.78, 5) is 34.0. The lowest BCUT2D eigenvalue weighted by molar-refractivity contribution is -0.255.